The van der Waals surface area contributed by atoms with Crippen molar-refractivity contribution in [3.05, 3.63) is 69.2 Å². The highest BCUT2D eigenvalue weighted by molar-refractivity contribution is 6.31. The quantitative estimate of drug-likeness (QED) is 0.876. The van der Waals surface area contributed by atoms with Gasteiger partial charge in [0.1, 0.15) is 11.6 Å². The Morgan fingerprint density at radius 3 is 2.25 bits per heavy atom. The molecule has 2 aromatic rings. The molecule has 0 heterocycles. The predicted octanol–water partition coefficient (Wildman–Crippen LogP) is 4.54. The lowest BCUT2D eigenvalue weighted by Gasteiger charge is -2.20. The number of nitrogens with one attached hydrogen (secondary N) is 1. The minimum atomic E-state index is -0.590. The molecular weight excluding hydrogens is 280 g/mol. The molecule has 2 aromatic carbocycles. The first-order chi connectivity index (χ1) is 9.43. The molecule has 0 fully saturated rings. The second-order valence-corrected chi connectivity index (χ2v) is 5.25. The summed E-state index contributed by atoms with van der Waals surface area (Å²) in [4.78, 5) is 0. The van der Waals surface area contributed by atoms with Crippen molar-refractivity contribution in [2.24, 2.45) is 0 Å². The van der Waals surface area contributed by atoms with Gasteiger partial charge in [0.15, 0.2) is 0 Å². The van der Waals surface area contributed by atoms with E-state index in [9.17, 15) is 8.78 Å². The molecule has 2 rings (SSSR count). The van der Waals surface area contributed by atoms with Gasteiger partial charge in [0.05, 0.1) is 6.04 Å². The first-order valence-electron chi connectivity index (χ1n) is 6.33. The highest BCUT2D eigenvalue weighted by Crippen LogP contribution is 2.31. The fourth-order valence-electron chi connectivity index (χ4n) is 2.24. The number of benzene rings is 2. The molecule has 4 heteroatoms. The number of hydrogen-bond donors (Lipinski definition) is 1. The van der Waals surface area contributed by atoms with Crippen molar-refractivity contribution in [3.8, 4) is 0 Å². The van der Waals surface area contributed by atoms with Crippen molar-refractivity contribution in [1.82, 2.24) is 5.32 Å². The highest BCUT2D eigenvalue weighted by Gasteiger charge is 2.19. The van der Waals surface area contributed by atoms with Gasteiger partial charge in [-0.25, -0.2) is 8.78 Å². The molecule has 0 saturated heterocycles. The third kappa shape index (κ3) is 2.84. The molecule has 0 aromatic heterocycles. The monoisotopic (exact) mass is 295 g/mol. The molecular formula is C16H16ClF2N. The Bertz CT molecular complexity index is 641. The van der Waals surface area contributed by atoms with Crippen LogP contribution in [0, 0.1) is 25.5 Å². The molecule has 1 N–H and O–H groups in total. The average molecular weight is 296 g/mol. The molecule has 0 saturated carbocycles. The smallest absolute Gasteiger partial charge is 0.131 e. The molecule has 1 nitrogen and oxygen atoms in total. The van der Waals surface area contributed by atoms with E-state index in [0.717, 1.165) is 22.8 Å². The van der Waals surface area contributed by atoms with Crippen LogP contribution < -0.4 is 5.32 Å². The molecule has 0 spiro atoms. The number of hydrogen-bond acceptors (Lipinski definition) is 1. The first-order valence-corrected chi connectivity index (χ1v) is 6.70. The summed E-state index contributed by atoms with van der Waals surface area (Å²) in [5.41, 5.74) is 3.31. The summed E-state index contributed by atoms with van der Waals surface area (Å²) in [7, 11) is 1.72. The van der Waals surface area contributed by atoms with Gasteiger partial charge in [-0.05, 0) is 49.7 Å². The molecule has 106 valence electrons. The maximum atomic E-state index is 14.0. The van der Waals surface area contributed by atoms with Crippen molar-refractivity contribution in [2.45, 2.75) is 19.9 Å². The zero-order valence-corrected chi connectivity index (χ0v) is 12.4. The Kier molecular flexibility index (Phi) is 4.41. The van der Waals surface area contributed by atoms with Gasteiger partial charge in [-0.1, -0.05) is 23.7 Å². The summed E-state index contributed by atoms with van der Waals surface area (Å²) < 4.78 is 27.0. The van der Waals surface area contributed by atoms with E-state index in [0.29, 0.717) is 10.6 Å². The topological polar surface area (TPSA) is 12.0 Å². The molecule has 1 unspecified atom stereocenters. The second-order valence-electron chi connectivity index (χ2n) is 4.85. The lowest BCUT2D eigenvalue weighted by Crippen LogP contribution is -2.19. The zero-order chi connectivity index (χ0) is 14.9. The van der Waals surface area contributed by atoms with Crippen LogP contribution in [0.2, 0.25) is 5.02 Å². The van der Waals surface area contributed by atoms with Crippen molar-refractivity contribution >= 4 is 11.6 Å². The number of aryl methyl sites for hydroxylation is 2. The third-order valence-corrected chi connectivity index (χ3v) is 3.81. The summed E-state index contributed by atoms with van der Waals surface area (Å²) >= 11 is 6.27. The first kappa shape index (κ1) is 14.9. The van der Waals surface area contributed by atoms with Gasteiger partial charge in [-0.15, -0.1) is 0 Å². The van der Waals surface area contributed by atoms with Gasteiger partial charge in [0.25, 0.3) is 0 Å². The van der Waals surface area contributed by atoms with Crippen LogP contribution in [0.25, 0.3) is 0 Å². The Morgan fingerprint density at radius 2 is 1.65 bits per heavy atom. The largest absolute Gasteiger partial charge is 0.309 e. The van der Waals surface area contributed by atoms with Crippen molar-refractivity contribution < 1.29 is 8.78 Å². The minimum absolute atomic E-state index is 0.374. The van der Waals surface area contributed by atoms with E-state index in [4.69, 9.17) is 11.6 Å². The van der Waals surface area contributed by atoms with Crippen LogP contribution in [0.4, 0.5) is 8.78 Å². The lowest BCUT2D eigenvalue weighted by molar-refractivity contribution is 0.551. The van der Waals surface area contributed by atoms with E-state index < -0.39 is 17.7 Å². The predicted molar refractivity (Wildman–Crippen MR) is 78.2 cm³/mol. The Balaban J connectivity index is 2.55. The van der Waals surface area contributed by atoms with Gasteiger partial charge >= 0.3 is 0 Å². The molecule has 0 aliphatic rings. The average Bonchev–Trinajstić information content (AvgIpc) is 2.38. The minimum Gasteiger partial charge on any atom is -0.309 e. The van der Waals surface area contributed by atoms with E-state index >= 15 is 0 Å². The van der Waals surface area contributed by atoms with Gasteiger partial charge < -0.3 is 5.32 Å². The standard InChI is InChI=1S/C16H16ClF2N/c1-9-6-13(14(17)7-10(9)2)16(20-3)12-5-4-11(18)8-15(12)19/h4-8,16,20H,1-3H3. The molecule has 0 aliphatic carbocycles. The maximum Gasteiger partial charge on any atom is 0.131 e. The van der Waals surface area contributed by atoms with Crippen LogP contribution in [0.3, 0.4) is 0 Å². The van der Waals surface area contributed by atoms with Crippen molar-refractivity contribution in [1.29, 1.82) is 0 Å². The Hall–Kier alpha value is -1.45. The molecule has 20 heavy (non-hydrogen) atoms. The van der Waals surface area contributed by atoms with Gasteiger partial charge in [0.2, 0.25) is 0 Å². The summed E-state index contributed by atoms with van der Waals surface area (Å²) in [5, 5.41) is 3.60. The van der Waals surface area contributed by atoms with Crippen molar-refractivity contribution in [2.75, 3.05) is 7.05 Å². The number of rotatable bonds is 3. The zero-order valence-electron chi connectivity index (χ0n) is 11.6. The van der Waals surface area contributed by atoms with Gasteiger partial charge in [-0.3, -0.25) is 0 Å². The second kappa shape index (κ2) is 5.90. The molecule has 0 radical (unpaired) electrons. The SMILES string of the molecule is CNC(c1ccc(F)cc1F)c1cc(C)c(C)cc1Cl. The Labute approximate surface area is 122 Å². The molecule has 0 bridgehead atoms. The van der Waals surface area contributed by atoms with Crippen LogP contribution in [0.1, 0.15) is 28.3 Å². The Morgan fingerprint density at radius 1 is 1.00 bits per heavy atom. The van der Waals surface area contributed by atoms with Crippen LogP contribution in [0.5, 0.6) is 0 Å². The van der Waals surface area contributed by atoms with E-state index in [1.807, 2.05) is 26.0 Å². The normalized spacial score (nSPS) is 12.5. The van der Waals surface area contributed by atoms with Crippen LogP contribution in [-0.2, 0) is 0 Å². The third-order valence-electron chi connectivity index (χ3n) is 3.49. The van der Waals surface area contributed by atoms with E-state index in [1.165, 1.54) is 12.1 Å². The van der Waals surface area contributed by atoms with E-state index in [2.05, 4.69) is 5.32 Å². The summed E-state index contributed by atoms with van der Waals surface area (Å²) in [6.07, 6.45) is 0. The van der Waals surface area contributed by atoms with E-state index in [-0.39, 0.29) is 0 Å². The summed E-state index contributed by atoms with van der Waals surface area (Å²) in [5.74, 6) is -1.18. The van der Waals surface area contributed by atoms with Gasteiger partial charge in [-0.2, -0.15) is 0 Å². The molecule has 0 amide bonds. The molecule has 0 aliphatic heterocycles. The lowest BCUT2D eigenvalue weighted by atomic mass is 9.95. The van der Waals surface area contributed by atoms with Crippen LogP contribution >= 0.6 is 11.6 Å². The fourth-order valence-corrected chi connectivity index (χ4v) is 2.57. The van der Waals surface area contributed by atoms with Crippen molar-refractivity contribution in [3.63, 3.8) is 0 Å². The van der Waals surface area contributed by atoms with Gasteiger partial charge in [0, 0.05) is 16.7 Å². The number of halogens is 3. The summed E-state index contributed by atoms with van der Waals surface area (Å²) in [6.45, 7) is 3.95. The summed E-state index contributed by atoms with van der Waals surface area (Å²) in [6, 6.07) is 6.95. The van der Waals surface area contributed by atoms with E-state index in [1.54, 1.807) is 7.05 Å². The van der Waals surface area contributed by atoms with Crippen LogP contribution in [0.15, 0.2) is 30.3 Å². The molecule has 1 atom stereocenters. The maximum absolute atomic E-state index is 14.0. The fraction of sp³-hybridized carbons (Fsp3) is 0.250. The highest BCUT2D eigenvalue weighted by atomic mass is 35.5. The van der Waals surface area contributed by atoms with Crippen LogP contribution in [-0.4, -0.2) is 7.05 Å².